The highest BCUT2D eigenvalue weighted by Gasteiger charge is 2.47. The first-order valence-corrected chi connectivity index (χ1v) is 14.4. The predicted molar refractivity (Wildman–Crippen MR) is 146 cm³/mol. The lowest BCUT2D eigenvalue weighted by atomic mass is 9.95. The third-order valence-corrected chi connectivity index (χ3v) is 9.56. The molecular weight excluding hydrogens is 599 g/mol. The number of carbonyl (C=O) groups excluding carboxylic acids is 2. The molecule has 0 radical (unpaired) electrons. The molecule has 1 unspecified atom stereocenters. The van der Waals surface area contributed by atoms with Crippen LogP contribution in [0.1, 0.15) is 37.5 Å². The number of thioether (sulfide) groups is 1. The summed E-state index contributed by atoms with van der Waals surface area (Å²) in [5, 5.41) is 20.4. The molecule has 1 amide bonds. The molecule has 0 aliphatic carbocycles. The number of Topliss-reactive ketones (excluding diaryl/α,β-unsaturated/α-hetero) is 1. The summed E-state index contributed by atoms with van der Waals surface area (Å²) in [7, 11) is 0. The number of aromatic nitrogens is 3. The molecule has 0 saturated heterocycles. The van der Waals surface area contributed by atoms with Crippen LogP contribution in [0.2, 0.25) is 0 Å². The third kappa shape index (κ3) is 4.98. The van der Waals surface area contributed by atoms with Crippen LogP contribution in [-0.4, -0.2) is 32.0 Å². The van der Waals surface area contributed by atoms with Crippen molar-refractivity contribution in [3.63, 3.8) is 0 Å². The van der Waals surface area contributed by atoms with Gasteiger partial charge in [0.05, 0.1) is 27.2 Å². The van der Waals surface area contributed by atoms with E-state index in [2.05, 4.69) is 31.1 Å². The first-order valence-electron chi connectivity index (χ1n) is 10.9. The lowest BCUT2D eigenvalue weighted by molar-refractivity contribution is -0.117. The number of anilines is 1. The van der Waals surface area contributed by atoms with Gasteiger partial charge in [-0.1, -0.05) is 69.4 Å². The van der Waals surface area contributed by atoms with Gasteiger partial charge in [0.1, 0.15) is 5.82 Å². The van der Waals surface area contributed by atoms with Crippen molar-refractivity contribution in [3.05, 3.63) is 96.9 Å². The lowest BCUT2D eigenvalue weighted by Gasteiger charge is -2.24. The number of aliphatic hydroxyl groups excluding tert-OH is 1. The number of nitrogens with zero attached hydrogens (tertiary/aromatic N) is 4. The summed E-state index contributed by atoms with van der Waals surface area (Å²) >= 11 is 7.33. The van der Waals surface area contributed by atoms with E-state index >= 15 is 0 Å². The fourth-order valence-corrected chi connectivity index (χ4v) is 7.17. The van der Waals surface area contributed by atoms with Gasteiger partial charge >= 0.3 is 0 Å². The van der Waals surface area contributed by atoms with Gasteiger partial charge in [0.25, 0.3) is 5.91 Å². The highest BCUT2D eigenvalue weighted by atomic mass is 79.9. The maximum Gasteiger partial charge on any atom is 0.296 e. The molecule has 37 heavy (non-hydrogen) atoms. The minimum absolute atomic E-state index is 0.0284. The number of amides is 1. The summed E-state index contributed by atoms with van der Waals surface area (Å²) < 4.78 is 14.5. The van der Waals surface area contributed by atoms with E-state index < -0.39 is 23.5 Å². The highest BCUT2D eigenvalue weighted by molar-refractivity contribution is 9.10. The van der Waals surface area contributed by atoms with Gasteiger partial charge in [-0.25, -0.2) is 9.37 Å². The first kappa shape index (κ1) is 25.7. The number of benzene rings is 2. The molecule has 0 saturated carbocycles. The smallest absolute Gasteiger partial charge is 0.296 e. The van der Waals surface area contributed by atoms with Crippen LogP contribution in [0.15, 0.2) is 68.7 Å². The second-order valence-electron chi connectivity index (χ2n) is 8.10. The van der Waals surface area contributed by atoms with E-state index in [9.17, 15) is 19.1 Å². The average Bonchev–Trinajstić information content (AvgIpc) is 3.55. The number of aliphatic hydroxyl groups is 1. The number of hydrogen-bond donors (Lipinski definition) is 1. The number of ketones is 1. The van der Waals surface area contributed by atoms with Crippen molar-refractivity contribution < 1.29 is 19.1 Å². The Morgan fingerprint density at radius 1 is 1.14 bits per heavy atom. The molecule has 5 rings (SSSR count). The number of hydrogen-bond acceptors (Lipinski definition) is 9. The number of halogens is 2. The van der Waals surface area contributed by atoms with Crippen molar-refractivity contribution in [1.82, 2.24) is 15.2 Å². The van der Waals surface area contributed by atoms with Crippen LogP contribution in [0, 0.1) is 19.7 Å². The number of carbonyl (C=O) groups is 2. The molecule has 2 aromatic carbocycles. The molecule has 12 heteroatoms. The summed E-state index contributed by atoms with van der Waals surface area (Å²) in [6.07, 6.45) is 0. The lowest BCUT2D eigenvalue weighted by Crippen LogP contribution is -2.31. The molecule has 1 atom stereocenters. The van der Waals surface area contributed by atoms with Gasteiger partial charge in [-0.3, -0.25) is 14.5 Å². The monoisotopic (exact) mass is 616 g/mol. The van der Waals surface area contributed by atoms with Crippen LogP contribution in [0.4, 0.5) is 9.52 Å². The zero-order valence-corrected chi connectivity index (χ0v) is 23.5. The van der Waals surface area contributed by atoms with Gasteiger partial charge in [0, 0.05) is 10.2 Å². The van der Waals surface area contributed by atoms with E-state index in [0.717, 1.165) is 5.56 Å². The van der Waals surface area contributed by atoms with Crippen molar-refractivity contribution >= 4 is 67.2 Å². The van der Waals surface area contributed by atoms with Crippen molar-refractivity contribution in [2.75, 3.05) is 4.90 Å². The summed E-state index contributed by atoms with van der Waals surface area (Å²) in [5.74, 6) is -1.57. The number of rotatable bonds is 7. The van der Waals surface area contributed by atoms with Crippen molar-refractivity contribution in [2.24, 2.45) is 0 Å². The van der Waals surface area contributed by atoms with Crippen molar-refractivity contribution in [1.29, 1.82) is 0 Å². The van der Waals surface area contributed by atoms with Crippen LogP contribution in [0.5, 0.6) is 0 Å². The SMILES string of the molecule is Cc1nc(C)c(C(=O)C2=C(O)C(=O)N(c3nnc(SCc4ccc(F)cc4)s3)C2c2ccccc2Br)s1. The molecule has 0 bridgehead atoms. The van der Waals surface area contributed by atoms with Crippen LogP contribution in [-0.2, 0) is 10.5 Å². The van der Waals surface area contributed by atoms with Crippen molar-refractivity contribution in [2.45, 2.75) is 30.0 Å². The molecule has 2 aromatic heterocycles. The van der Waals surface area contributed by atoms with E-state index in [-0.39, 0.29) is 16.5 Å². The summed E-state index contributed by atoms with van der Waals surface area (Å²) in [6, 6.07) is 12.5. The Kier molecular flexibility index (Phi) is 7.26. The van der Waals surface area contributed by atoms with Crippen LogP contribution in [0.3, 0.4) is 0 Å². The maximum absolute atomic E-state index is 13.7. The quantitative estimate of drug-likeness (QED) is 0.142. The van der Waals surface area contributed by atoms with Gasteiger partial charge in [-0.05, 0) is 43.2 Å². The third-order valence-electron chi connectivity index (χ3n) is 5.64. The van der Waals surface area contributed by atoms with Gasteiger partial charge in [0.15, 0.2) is 10.1 Å². The summed E-state index contributed by atoms with van der Waals surface area (Å²) in [5.41, 5.74) is 2.05. The van der Waals surface area contributed by atoms with Gasteiger partial charge < -0.3 is 5.11 Å². The Hall–Kier alpha value is -2.93. The molecule has 1 aliphatic heterocycles. The minimum atomic E-state index is -0.916. The Bertz CT molecular complexity index is 1550. The Labute approximate surface area is 232 Å². The van der Waals surface area contributed by atoms with E-state index in [0.29, 0.717) is 35.7 Å². The summed E-state index contributed by atoms with van der Waals surface area (Å²) in [6.45, 7) is 3.53. The van der Waals surface area contributed by atoms with Crippen LogP contribution >= 0.6 is 50.4 Å². The van der Waals surface area contributed by atoms with Gasteiger partial charge in [-0.15, -0.1) is 21.5 Å². The topological polar surface area (TPSA) is 96.3 Å². The first-order chi connectivity index (χ1) is 17.7. The standard InChI is InChI=1S/C25H18BrFN4O3S3/c1-12-22(36-13(2)28-12)20(32)18-19(16-5-3-4-6-17(16)26)31(23(34)21(18)33)24-29-30-25(37-24)35-11-14-7-9-15(27)10-8-14/h3-10,19,33H,11H2,1-2H3. The van der Waals surface area contributed by atoms with E-state index in [1.807, 2.05) is 12.1 Å². The zero-order valence-electron chi connectivity index (χ0n) is 19.4. The molecule has 0 fully saturated rings. The highest BCUT2D eigenvalue weighted by Crippen LogP contribution is 2.46. The molecule has 3 heterocycles. The van der Waals surface area contributed by atoms with E-state index in [1.165, 1.54) is 51.5 Å². The molecule has 7 nitrogen and oxygen atoms in total. The number of thiazole rings is 1. The molecule has 0 spiro atoms. The predicted octanol–water partition coefficient (Wildman–Crippen LogP) is 6.59. The molecule has 188 valence electrons. The summed E-state index contributed by atoms with van der Waals surface area (Å²) in [4.78, 5) is 33.1. The zero-order chi connectivity index (χ0) is 26.3. The second kappa shape index (κ2) is 10.4. The fourth-order valence-electron chi connectivity index (χ4n) is 3.97. The maximum atomic E-state index is 13.7. The Morgan fingerprint density at radius 2 is 1.86 bits per heavy atom. The molecule has 1 aliphatic rings. The molecule has 1 N–H and O–H groups in total. The Morgan fingerprint density at radius 3 is 2.54 bits per heavy atom. The van der Waals surface area contributed by atoms with Gasteiger partial charge in [-0.2, -0.15) is 0 Å². The second-order valence-corrected chi connectivity index (χ2v) is 12.3. The molecule has 4 aromatic rings. The Balaban J connectivity index is 1.51. The normalized spacial score (nSPS) is 15.6. The molecular formula is C25H18BrFN4O3S3. The van der Waals surface area contributed by atoms with E-state index in [1.54, 1.807) is 38.1 Å². The average molecular weight is 618 g/mol. The number of aryl methyl sites for hydroxylation is 2. The van der Waals surface area contributed by atoms with Crippen molar-refractivity contribution in [3.8, 4) is 0 Å². The van der Waals surface area contributed by atoms with Gasteiger partial charge in [0.2, 0.25) is 10.9 Å². The van der Waals surface area contributed by atoms with E-state index in [4.69, 9.17) is 0 Å². The minimum Gasteiger partial charge on any atom is -0.503 e. The largest absolute Gasteiger partial charge is 0.503 e. The van der Waals surface area contributed by atoms with Crippen LogP contribution < -0.4 is 4.90 Å². The fraction of sp³-hybridized carbons (Fsp3) is 0.160. The van der Waals surface area contributed by atoms with Crippen LogP contribution in [0.25, 0.3) is 0 Å².